The first-order valence-corrected chi connectivity index (χ1v) is 5.85. The predicted octanol–water partition coefficient (Wildman–Crippen LogP) is 1.77. The number of hydrogen-bond donors (Lipinski definition) is 2. The molecule has 1 saturated heterocycles. The highest BCUT2D eigenvalue weighted by Crippen LogP contribution is 2.13. The molecule has 1 rings (SSSR count). The van der Waals surface area contributed by atoms with Crippen LogP contribution in [0, 0.1) is 5.92 Å². The van der Waals surface area contributed by atoms with Gasteiger partial charge in [0.05, 0.1) is 0 Å². The SMILES string of the molecule is CCCCNCCCC1CCNC1. The molecule has 0 aromatic heterocycles. The molecular weight excluding hydrogens is 160 g/mol. The summed E-state index contributed by atoms with van der Waals surface area (Å²) in [6.45, 7) is 7.17. The fourth-order valence-electron chi connectivity index (χ4n) is 1.90. The van der Waals surface area contributed by atoms with E-state index in [1.54, 1.807) is 0 Å². The minimum Gasteiger partial charge on any atom is -0.317 e. The summed E-state index contributed by atoms with van der Waals surface area (Å²) in [7, 11) is 0. The second-order valence-corrected chi connectivity index (χ2v) is 4.10. The third kappa shape index (κ3) is 5.27. The van der Waals surface area contributed by atoms with Crippen molar-refractivity contribution >= 4 is 0 Å². The van der Waals surface area contributed by atoms with Crippen LogP contribution < -0.4 is 10.6 Å². The highest BCUT2D eigenvalue weighted by Gasteiger charge is 2.12. The molecule has 0 aliphatic carbocycles. The summed E-state index contributed by atoms with van der Waals surface area (Å²) in [4.78, 5) is 0. The summed E-state index contributed by atoms with van der Waals surface area (Å²) < 4.78 is 0. The van der Waals surface area contributed by atoms with Gasteiger partial charge in [-0.05, 0) is 57.8 Å². The zero-order valence-corrected chi connectivity index (χ0v) is 8.94. The average Bonchev–Trinajstić information content (AvgIpc) is 2.63. The molecule has 0 amide bonds. The zero-order valence-electron chi connectivity index (χ0n) is 8.94. The lowest BCUT2D eigenvalue weighted by molar-refractivity contribution is 0.490. The van der Waals surface area contributed by atoms with Gasteiger partial charge in [-0.1, -0.05) is 13.3 Å². The fourth-order valence-corrected chi connectivity index (χ4v) is 1.90. The average molecular weight is 184 g/mol. The summed E-state index contributed by atoms with van der Waals surface area (Å²) in [6, 6.07) is 0. The maximum atomic E-state index is 3.49. The van der Waals surface area contributed by atoms with Gasteiger partial charge in [0.1, 0.15) is 0 Å². The van der Waals surface area contributed by atoms with Crippen LogP contribution in [0.3, 0.4) is 0 Å². The number of rotatable bonds is 7. The van der Waals surface area contributed by atoms with Crippen molar-refractivity contribution in [2.45, 2.75) is 39.0 Å². The minimum absolute atomic E-state index is 0.966. The molecule has 78 valence electrons. The van der Waals surface area contributed by atoms with E-state index < -0.39 is 0 Å². The first kappa shape index (κ1) is 11.0. The van der Waals surface area contributed by atoms with E-state index >= 15 is 0 Å². The van der Waals surface area contributed by atoms with Gasteiger partial charge in [0.2, 0.25) is 0 Å². The summed E-state index contributed by atoms with van der Waals surface area (Å²) in [5, 5.41) is 6.90. The topological polar surface area (TPSA) is 24.1 Å². The van der Waals surface area contributed by atoms with Gasteiger partial charge in [0.15, 0.2) is 0 Å². The second-order valence-electron chi connectivity index (χ2n) is 4.10. The van der Waals surface area contributed by atoms with E-state index in [2.05, 4.69) is 17.6 Å². The minimum atomic E-state index is 0.966. The molecule has 1 aliphatic rings. The van der Waals surface area contributed by atoms with Gasteiger partial charge in [-0.2, -0.15) is 0 Å². The van der Waals surface area contributed by atoms with Crippen LogP contribution in [0.4, 0.5) is 0 Å². The smallest absolute Gasteiger partial charge is 0.00200 e. The van der Waals surface area contributed by atoms with Crippen molar-refractivity contribution in [3.63, 3.8) is 0 Å². The molecule has 0 saturated carbocycles. The van der Waals surface area contributed by atoms with Crippen LogP contribution in [0.2, 0.25) is 0 Å². The molecule has 2 N–H and O–H groups in total. The van der Waals surface area contributed by atoms with Gasteiger partial charge in [0, 0.05) is 0 Å². The zero-order chi connectivity index (χ0) is 9.36. The lowest BCUT2D eigenvalue weighted by Crippen LogP contribution is -2.17. The van der Waals surface area contributed by atoms with Gasteiger partial charge in [-0.15, -0.1) is 0 Å². The van der Waals surface area contributed by atoms with E-state index in [4.69, 9.17) is 0 Å². The van der Waals surface area contributed by atoms with Crippen molar-refractivity contribution in [2.75, 3.05) is 26.2 Å². The Kier molecular flexibility index (Phi) is 6.21. The number of nitrogens with one attached hydrogen (secondary N) is 2. The molecule has 0 radical (unpaired) electrons. The second kappa shape index (κ2) is 7.34. The molecule has 0 aromatic carbocycles. The Morgan fingerprint density at radius 2 is 2.15 bits per heavy atom. The van der Waals surface area contributed by atoms with E-state index in [1.165, 1.54) is 58.3 Å². The van der Waals surface area contributed by atoms with E-state index in [-0.39, 0.29) is 0 Å². The first-order valence-electron chi connectivity index (χ1n) is 5.85. The summed E-state index contributed by atoms with van der Waals surface area (Å²) in [5.74, 6) is 0.966. The Labute approximate surface area is 82.5 Å². The molecule has 13 heavy (non-hydrogen) atoms. The van der Waals surface area contributed by atoms with Crippen LogP contribution in [0.25, 0.3) is 0 Å². The Bertz CT molecular complexity index is 109. The fraction of sp³-hybridized carbons (Fsp3) is 1.00. The van der Waals surface area contributed by atoms with E-state index in [1.807, 2.05) is 0 Å². The van der Waals surface area contributed by atoms with Crippen molar-refractivity contribution < 1.29 is 0 Å². The predicted molar refractivity (Wildman–Crippen MR) is 58.0 cm³/mol. The molecule has 1 fully saturated rings. The van der Waals surface area contributed by atoms with Gasteiger partial charge < -0.3 is 10.6 Å². The van der Waals surface area contributed by atoms with Crippen molar-refractivity contribution in [3.05, 3.63) is 0 Å². The summed E-state index contributed by atoms with van der Waals surface area (Å²) in [6.07, 6.45) is 6.79. The third-order valence-corrected chi connectivity index (χ3v) is 2.84. The largest absolute Gasteiger partial charge is 0.317 e. The third-order valence-electron chi connectivity index (χ3n) is 2.84. The van der Waals surface area contributed by atoms with Gasteiger partial charge in [-0.3, -0.25) is 0 Å². The molecule has 0 bridgehead atoms. The lowest BCUT2D eigenvalue weighted by Gasteiger charge is -2.08. The lowest BCUT2D eigenvalue weighted by atomic mass is 10.0. The Morgan fingerprint density at radius 1 is 1.31 bits per heavy atom. The Hall–Kier alpha value is -0.0800. The maximum absolute atomic E-state index is 3.49. The Morgan fingerprint density at radius 3 is 2.85 bits per heavy atom. The quantitative estimate of drug-likeness (QED) is 0.589. The van der Waals surface area contributed by atoms with Crippen LogP contribution >= 0.6 is 0 Å². The molecule has 2 nitrogen and oxygen atoms in total. The molecule has 1 unspecified atom stereocenters. The van der Waals surface area contributed by atoms with Crippen molar-refractivity contribution in [1.82, 2.24) is 10.6 Å². The van der Waals surface area contributed by atoms with Gasteiger partial charge in [0.25, 0.3) is 0 Å². The maximum Gasteiger partial charge on any atom is -0.00200 e. The molecule has 2 heteroatoms. The molecular formula is C11H24N2. The van der Waals surface area contributed by atoms with Crippen molar-refractivity contribution in [3.8, 4) is 0 Å². The van der Waals surface area contributed by atoms with Crippen LogP contribution in [0.5, 0.6) is 0 Å². The van der Waals surface area contributed by atoms with Gasteiger partial charge in [-0.25, -0.2) is 0 Å². The number of unbranched alkanes of at least 4 members (excludes halogenated alkanes) is 1. The Balaban J connectivity index is 1.78. The standard InChI is InChI=1S/C11H24N2/c1-2-3-7-12-8-4-5-11-6-9-13-10-11/h11-13H,2-10H2,1H3. The molecule has 1 atom stereocenters. The number of hydrogen-bond acceptors (Lipinski definition) is 2. The summed E-state index contributed by atoms with van der Waals surface area (Å²) >= 11 is 0. The van der Waals surface area contributed by atoms with E-state index in [0.29, 0.717) is 0 Å². The van der Waals surface area contributed by atoms with Crippen molar-refractivity contribution in [1.29, 1.82) is 0 Å². The van der Waals surface area contributed by atoms with Gasteiger partial charge >= 0.3 is 0 Å². The molecule has 1 aliphatic heterocycles. The van der Waals surface area contributed by atoms with Crippen LogP contribution in [0.15, 0.2) is 0 Å². The van der Waals surface area contributed by atoms with Crippen LogP contribution in [0.1, 0.15) is 39.0 Å². The highest BCUT2D eigenvalue weighted by atomic mass is 14.9. The molecule has 1 heterocycles. The van der Waals surface area contributed by atoms with E-state index in [9.17, 15) is 0 Å². The van der Waals surface area contributed by atoms with Crippen LogP contribution in [-0.2, 0) is 0 Å². The monoisotopic (exact) mass is 184 g/mol. The molecule has 0 spiro atoms. The molecule has 0 aromatic rings. The summed E-state index contributed by atoms with van der Waals surface area (Å²) in [5.41, 5.74) is 0. The van der Waals surface area contributed by atoms with E-state index in [0.717, 1.165) is 5.92 Å². The highest BCUT2D eigenvalue weighted by molar-refractivity contribution is 4.71. The normalized spacial score (nSPS) is 22.4. The first-order chi connectivity index (χ1) is 6.43. The van der Waals surface area contributed by atoms with Crippen LogP contribution in [-0.4, -0.2) is 26.2 Å². The van der Waals surface area contributed by atoms with Crippen molar-refractivity contribution in [2.24, 2.45) is 5.92 Å².